The number of hydrogen-bond acceptors (Lipinski definition) is 4. The van der Waals surface area contributed by atoms with Crippen molar-refractivity contribution in [3.05, 3.63) is 54.0 Å². The lowest BCUT2D eigenvalue weighted by molar-refractivity contribution is 0.183. The van der Waals surface area contributed by atoms with E-state index in [1.165, 1.54) is 5.56 Å². The fourth-order valence-electron chi connectivity index (χ4n) is 4.39. The largest absolute Gasteiger partial charge is 0.326 e. The smallest absolute Gasteiger partial charge is 0.324 e. The van der Waals surface area contributed by atoms with Gasteiger partial charge in [-0.15, -0.1) is 0 Å². The number of benzene rings is 1. The van der Waals surface area contributed by atoms with Crippen LogP contribution in [0.2, 0.25) is 0 Å². The maximum Gasteiger partial charge on any atom is 0.326 e. The highest BCUT2D eigenvalue weighted by molar-refractivity contribution is 5.92. The molecule has 1 aromatic carbocycles. The predicted octanol–water partition coefficient (Wildman–Crippen LogP) is 3.34. The van der Waals surface area contributed by atoms with E-state index in [9.17, 15) is 4.79 Å². The number of nitrogens with zero attached hydrogens (tertiary/aromatic N) is 4. The van der Waals surface area contributed by atoms with Crippen LogP contribution < -0.4 is 10.2 Å². The molecule has 148 valence electrons. The number of rotatable bonds is 3. The SMILES string of the molecule is Cc1nccnc1N(C(=O)N1CCC(c2ccccc2)CC1)[C@@H]1CCCNC1. The fraction of sp³-hybridized carbons (Fsp3) is 0.500. The molecule has 3 heterocycles. The van der Waals surface area contributed by atoms with Gasteiger partial charge in [-0.2, -0.15) is 0 Å². The normalized spacial score (nSPS) is 20.8. The zero-order chi connectivity index (χ0) is 19.3. The second-order valence-electron chi connectivity index (χ2n) is 7.79. The zero-order valence-electron chi connectivity index (χ0n) is 16.6. The molecule has 2 fully saturated rings. The van der Waals surface area contributed by atoms with Crippen molar-refractivity contribution >= 4 is 11.8 Å². The van der Waals surface area contributed by atoms with E-state index < -0.39 is 0 Å². The Bertz CT molecular complexity index is 783. The summed E-state index contributed by atoms with van der Waals surface area (Å²) in [5.41, 5.74) is 2.19. The molecule has 0 unspecified atom stereocenters. The summed E-state index contributed by atoms with van der Waals surface area (Å²) < 4.78 is 0. The molecule has 0 radical (unpaired) electrons. The molecule has 6 nitrogen and oxygen atoms in total. The minimum Gasteiger partial charge on any atom is -0.324 e. The van der Waals surface area contributed by atoms with E-state index in [4.69, 9.17) is 0 Å². The first kappa shape index (κ1) is 18.9. The van der Waals surface area contributed by atoms with E-state index in [0.29, 0.717) is 11.7 Å². The lowest BCUT2D eigenvalue weighted by Crippen LogP contribution is -2.55. The first-order chi connectivity index (χ1) is 13.7. The van der Waals surface area contributed by atoms with E-state index in [1.54, 1.807) is 12.4 Å². The number of nitrogens with one attached hydrogen (secondary N) is 1. The quantitative estimate of drug-likeness (QED) is 0.888. The highest BCUT2D eigenvalue weighted by Gasteiger charge is 2.34. The molecular formula is C22H29N5O. The molecule has 2 amide bonds. The zero-order valence-corrected chi connectivity index (χ0v) is 16.6. The molecule has 2 aliphatic heterocycles. The lowest BCUT2D eigenvalue weighted by atomic mass is 9.89. The van der Waals surface area contributed by atoms with Crippen LogP contribution in [0.5, 0.6) is 0 Å². The van der Waals surface area contributed by atoms with Crippen molar-refractivity contribution in [1.29, 1.82) is 0 Å². The molecule has 4 rings (SSSR count). The highest BCUT2D eigenvalue weighted by Crippen LogP contribution is 2.30. The number of carbonyl (C=O) groups is 1. The van der Waals surface area contributed by atoms with Gasteiger partial charge in [-0.3, -0.25) is 9.88 Å². The van der Waals surface area contributed by atoms with E-state index in [0.717, 1.165) is 57.6 Å². The third-order valence-electron chi connectivity index (χ3n) is 5.96. The maximum absolute atomic E-state index is 13.5. The predicted molar refractivity (Wildman–Crippen MR) is 111 cm³/mol. The summed E-state index contributed by atoms with van der Waals surface area (Å²) in [6, 6.07) is 10.9. The van der Waals surface area contributed by atoms with Gasteiger partial charge in [-0.25, -0.2) is 9.78 Å². The number of likely N-dealkylation sites (tertiary alicyclic amines) is 1. The average molecular weight is 380 g/mol. The average Bonchev–Trinajstić information content (AvgIpc) is 2.77. The van der Waals surface area contributed by atoms with Crippen molar-refractivity contribution in [2.24, 2.45) is 0 Å². The van der Waals surface area contributed by atoms with E-state index in [-0.39, 0.29) is 12.1 Å². The van der Waals surface area contributed by atoms with Gasteiger partial charge < -0.3 is 10.2 Å². The second-order valence-corrected chi connectivity index (χ2v) is 7.79. The molecule has 1 atom stereocenters. The number of anilines is 1. The van der Waals surface area contributed by atoms with Crippen molar-refractivity contribution in [3.63, 3.8) is 0 Å². The topological polar surface area (TPSA) is 61.4 Å². The Labute approximate surface area is 167 Å². The van der Waals surface area contributed by atoms with Crippen LogP contribution in [-0.4, -0.2) is 53.1 Å². The monoisotopic (exact) mass is 379 g/mol. The molecule has 0 bridgehead atoms. The minimum absolute atomic E-state index is 0.0730. The number of urea groups is 1. The van der Waals surface area contributed by atoms with Crippen LogP contribution in [0.15, 0.2) is 42.7 Å². The summed E-state index contributed by atoms with van der Waals surface area (Å²) in [5.74, 6) is 1.24. The first-order valence-corrected chi connectivity index (χ1v) is 10.4. The number of aryl methyl sites for hydroxylation is 1. The molecule has 2 saturated heterocycles. The van der Waals surface area contributed by atoms with Crippen molar-refractivity contribution in [2.45, 2.75) is 44.6 Å². The van der Waals surface area contributed by atoms with Crippen LogP contribution in [0.25, 0.3) is 0 Å². The number of hydrogen-bond donors (Lipinski definition) is 1. The number of piperidine rings is 2. The molecule has 2 aromatic rings. The Hall–Kier alpha value is -2.47. The molecule has 6 heteroatoms. The third kappa shape index (κ3) is 4.02. The highest BCUT2D eigenvalue weighted by atomic mass is 16.2. The fourth-order valence-corrected chi connectivity index (χ4v) is 4.39. The van der Waals surface area contributed by atoms with E-state index >= 15 is 0 Å². The van der Waals surface area contributed by atoms with Gasteiger partial charge in [-0.1, -0.05) is 30.3 Å². The maximum atomic E-state index is 13.5. The van der Waals surface area contributed by atoms with Crippen LogP contribution in [0.1, 0.15) is 42.9 Å². The first-order valence-electron chi connectivity index (χ1n) is 10.4. The van der Waals surface area contributed by atoms with Crippen molar-refractivity contribution in [1.82, 2.24) is 20.2 Å². The summed E-state index contributed by atoms with van der Waals surface area (Å²) in [6.07, 6.45) is 7.45. The Morgan fingerprint density at radius 1 is 1.11 bits per heavy atom. The molecule has 0 spiro atoms. The van der Waals surface area contributed by atoms with Crippen molar-refractivity contribution in [3.8, 4) is 0 Å². The Balaban J connectivity index is 1.50. The van der Waals surface area contributed by atoms with E-state index in [1.807, 2.05) is 16.7 Å². The van der Waals surface area contributed by atoms with Gasteiger partial charge in [0.1, 0.15) is 0 Å². The van der Waals surface area contributed by atoms with Gasteiger partial charge in [0.2, 0.25) is 0 Å². The summed E-state index contributed by atoms with van der Waals surface area (Å²) in [5, 5.41) is 3.43. The van der Waals surface area contributed by atoms with Crippen LogP contribution in [0, 0.1) is 6.92 Å². The van der Waals surface area contributed by atoms with Gasteiger partial charge >= 0.3 is 6.03 Å². The van der Waals surface area contributed by atoms with Gasteiger partial charge in [-0.05, 0) is 50.6 Å². The summed E-state index contributed by atoms with van der Waals surface area (Å²) >= 11 is 0. The van der Waals surface area contributed by atoms with Crippen LogP contribution in [-0.2, 0) is 0 Å². The number of carbonyl (C=O) groups excluding carboxylic acids is 1. The van der Waals surface area contributed by atoms with Crippen LogP contribution in [0.4, 0.5) is 10.6 Å². The molecule has 2 aliphatic rings. The number of amides is 2. The second kappa shape index (κ2) is 8.69. The molecular weight excluding hydrogens is 350 g/mol. The van der Waals surface area contributed by atoms with Gasteiger partial charge in [0, 0.05) is 32.0 Å². The third-order valence-corrected chi connectivity index (χ3v) is 5.96. The molecule has 28 heavy (non-hydrogen) atoms. The summed E-state index contributed by atoms with van der Waals surface area (Å²) in [7, 11) is 0. The van der Waals surface area contributed by atoms with Crippen molar-refractivity contribution < 1.29 is 4.79 Å². The standard InChI is InChI=1S/C22H29N5O/c1-17-21(25-13-12-24-17)27(20-8-5-11-23-16-20)22(28)26-14-9-19(10-15-26)18-6-3-2-4-7-18/h2-4,6-7,12-13,19-20,23H,5,8-11,14-16H2,1H3/t20-/m1/s1. The number of aromatic nitrogens is 2. The Kier molecular flexibility index (Phi) is 5.86. The Morgan fingerprint density at radius 2 is 1.86 bits per heavy atom. The minimum atomic E-state index is 0.0730. The van der Waals surface area contributed by atoms with Crippen molar-refractivity contribution in [2.75, 3.05) is 31.1 Å². The van der Waals surface area contributed by atoms with Gasteiger partial charge in [0.15, 0.2) is 5.82 Å². The summed E-state index contributed by atoms with van der Waals surface area (Å²) in [6.45, 7) is 5.33. The molecule has 0 saturated carbocycles. The van der Waals surface area contributed by atoms with Crippen LogP contribution in [0.3, 0.4) is 0 Å². The van der Waals surface area contributed by atoms with Gasteiger partial charge in [0.25, 0.3) is 0 Å². The van der Waals surface area contributed by atoms with Crippen LogP contribution >= 0.6 is 0 Å². The molecule has 1 aromatic heterocycles. The summed E-state index contributed by atoms with van der Waals surface area (Å²) in [4.78, 5) is 26.4. The molecule has 1 N–H and O–H groups in total. The lowest BCUT2D eigenvalue weighted by Gasteiger charge is -2.40. The van der Waals surface area contributed by atoms with Gasteiger partial charge in [0.05, 0.1) is 11.7 Å². The Morgan fingerprint density at radius 3 is 2.54 bits per heavy atom. The van der Waals surface area contributed by atoms with E-state index in [2.05, 4.69) is 45.6 Å². The molecule has 0 aliphatic carbocycles.